The molecule has 1 aliphatic rings. The summed E-state index contributed by atoms with van der Waals surface area (Å²) < 4.78 is 11.0. The summed E-state index contributed by atoms with van der Waals surface area (Å²) in [4.78, 5) is 14.7. The Labute approximate surface area is 149 Å². The van der Waals surface area contributed by atoms with Crippen LogP contribution in [0.5, 0.6) is 5.75 Å². The minimum Gasteiger partial charge on any atom is -0.494 e. The van der Waals surface area contributed by atoms with Gasteiger partial charge in [-0.1, -0.05) is 11.6 Å². The van der Waals surface area contributed by atoms with Crippen LogP contribution < -0.4 is 10.1 Å². The van der Waals surface area contributed by atoms with E-state index in [1.165, 1.54) is 0 Å². The summed E-state index contributed by atoms with van der Waals surface area (Å²) >= 11 is 5.85. The first-order valence-corrected chi connectivity index (χ1v) is 8.79. The maximum Gasteiger partial charge on any atom is 0.230 e. The number of carbonyl (C=O) groups excluding carboxylic acids is 1. The molecule has 1 aromatic rings. The van der Waals surface area contributed by atoms with Gasteiger partial charge in [-0.2, -0.15) is 0 Å². The van der Waals surface area contributed by atoms with Crippen molar-refractivity contribution in [3.05, 3.63) is 29.3 Å². The Balaban J connectivity index is 1.78. The van der Waals surface area contributed by atoms with Gasteiger partial charge >= 0.3 is 0 Å². The van der Waals surface area contributed by atoms with Crippen LogP contribution in [0.1, 0.15) is 19.3 Å². The van der Waals surface area contributed by atoms with Crippen molar-refractivity contribution < 1.29 is 14.3 Å². The Morgan fingerprint density at radius 3 is 2.58 bits per heavy atom. The molecule has 1 amide bonds. The molecule has 0 spiro atoms. The summed E-state index contributed by atoms with van der Waals surface area (Å²) in [5.41, 5.74) is -0.383. The number of piperidine rings is 1. The smallest absolute Gasteiger partial charge is 0.230 e. The van der Waals surface area contributed by atoms with Crippen LogP contribution in [0.3, 0.4) is 0 Å². The average molecular weight is 355 g/mol. The highest BCUT2D eigenvalue weighted by molar-refractivity contribution is 6.30. The van der Waals surface area contributed by atoms with Crippen molar-refractivity contribution in [2.24, 2.45) is 5.41 Å². The van der Waals surface area contributed by atoms with Crippen LogP contribution in [0, 0.1) is 5.41 Å². The summed E-state index contributed by atoms with van der Waals surface area (Å²) in [7, 11) is 3.53. The SMILES string of the molecule is COCC1(C(=O)N(C)CCCOc2ccc(Cl)cc2)CCNCC1. The average Bonchev–Trinajstić information content (AvgIpc) is 2.60. The largest absolute Gasteiger partial charge is 0.494 e. The second-order valence-corrected chi connectivity index (χ2v) is 6.78. The highest BCUT2D eigenvalue weighted by Crippen LogP contribution is 2.31. The van der Waals surface area contributed by atoms with Gasteiger partial charge in [-0.05, 0) is 56.6 Å². The molecule has 5 nitrogen and oxygen atoms in total. The zero-order valence-corrected chi connectivity index (χ0v) is 15.3. The fourth-order valence-electron chi connectivity index (χ4n) is 3.13. The van der Waals surface area contributed by atoms with Crippen LogP contribution in [-0.4, -0.2) is 57.8 Å². The van der Waals surface area contributed by atoms with Crippen molar-refractivity contribution in [2.45, 2.75) is 19.3 Å². The first kappa shape index (κ1) is 19.0. The molecular formula is C18H27ClN2O3. The molecule has 0 aromatic heterocycles. The standard InChI is InChI=1S/C18H27ClN2O3/c1-21(12-3-13-24-16-6-4-15(19)5-7-16)17(22)18(14-23-2)8-10-20-11-9-18/h4-7,20H,3,8-14H2,1-2H3. The van der Waals surface area contributed by atoms with E-state index in [1.54, 1.807) is 19.2 Å². The summed E-state index contributed by atoms with van der Waals surface area (Å²) in [5.74, 6) is 0.972. The van der Waals surface area contributed by atoms with E-state index in [4.69, 9.17) is 21.1 Å². The number of methoxy groups -OCH3 is 1. The maximum atomic E-state index is 12.9. The van der Waals surface area contributed by atoms with E-state index in [-0.39, 0.29) is 11.3 Å². The van der Waals surface area contributed by atoms with Crippen molar-refractivity contribution in [1.82, 2.24) is 10.2 Å². The molecule has 0 unspecified atom stereocenters. The minimum atomic E-state index is -0.383. The third kappa shape index (κ3) is 5.10. The maximum absolute atomic E-state index is 12.9. The molecule has 0 saturated carbocycles. The lowest BCUT2D eigenvalue weighted by Gasteiger charge is -2.38. The van der Waals surface area contributed by atoms with Gasteiger partial charge in [0.05, 0.1) is 18.6 Å². The van der Waals surface area contributed by atoms with Crippen LogP contribution in [-0.2, 0) is 9.53 Å². The zero-order chi connectivity index (χ0) is 17.4. The quantitative estimate of drug-likeness (QED) is 0.729. The molecule has 0 radical (unpaired) electrons. The van der Waals surface area contributed by atoms with Gasteiger partial charge in [0, 0.05) is 25.7 Å². The van der Waals surface area contributed by atoms with Gasteiger partial charge in [-0.25, -0.2) is 0 Å². The lowest BCUT2D eigenvalue weighted by molar-refractivity contribution is -0.146. The Hall–Kier alpha value is -1.30. The topological polar surface area (TPSA) is 50.8 Å². The van der Waals surface area contributed by atoms with Crippen LogP contribution in [0.25, 0.3) is 0 Å². The summed E-state index contributed by atoms with van der Waals surface area (Å²) in [6, 6.07) is 7.30. The number of nitrogens with zero attached hydrogens (tertiary/aromatic N) is 1. The molecule has 1 heterocycles. The second kappa shape index (κ2) is 9.25. The third-order valence-electron chi connectivity index (χ3n) is 4.50. The summed E-state index contributed by atoms with van der Waals surface area (Å²) in [5, 5.41) is 4.00. The van der Waals surface area contributed by atoms with Crippen molar-refractivity contribution in [2.75, 3.05) is 47.0 Å². The molecule has 1 saturated heterocycles. The Kier molecular flexibility index (Phi) is 7.34. The molecule has 2 rings (SSSR count). The molecule has 0 atom stereocenters. The van der Waals surface area contributed by atoms with Gasteiger partial charge in [-0.3, -0.25) is 4.79 Å². The number of hydrogen-bond acceptors (Lipinski definition) is 4. The van der Waals surface area contributed by atoms with Crippen molar-refractivity contribution in [3.63, 3.8) is 0 Å². The summed E-state index contributed by atoms with van der Waals surface area (Å²) in [6.45, 7) is 3.45. The van der Waals surface area contributed by atoms with E-state index in [9.17, 15) is 4.79 Å². The van der Waals surface area contributed by atoms with Crippen LogP contribution in [0.4, 0.5) is 0 Å². The van der Waals surface area contributed by atoms with E-state index < -0.39 is 0 Å². The fraction of sp³-hybridized carbons (Fsp3) is 0.611. The van der Waals surface area contributed by atoms with Crippen molar-refractivity contribution >= 4 is 17.5 Å². The monoisotopic (exact) mass is 354 g/mol. The number of halogens is 1. The van der Waals surface area contributed by atoms with E-state index in [0.29, 0.717) is 24.8 Å². The third-order valence-corrected chi connectivity index (χ3v) is 4.75. The van der Waals surface area contributed by atoms with Gasteiger partial charge < -0.3 is 19.7 Å². The molecular weight excluding hydrogens is 328 g/mol. The number of hydrogen-bond donors (Lipinski definition) is 1. The number of benzene rings is 1. The number of nitrogens with one attached hydrogen (secondary N) is 1. The highest BCUT2D eigenvalue weighted by atomic mass is 35.5. The number of carbonyl (C=O) groups is 1. The van der Waals surface area contributed by atoms with E-state index >= 15 is 0 Å². The molecule has 0 aliphatic carbocycles. The molecule has 134 valence electrons. The van der Waals surface area contributed by atoms with Crippen LogP contribution >= 0.6 is 11.6 Å². The number of amides is 1. The first-order valence-electron chi connectivity index (χ1n) is 8.41. The Morgan fingerprint density at radius 1 is 1.29 bits per heavy atom. The van der Waals surface area contributed by atoms with Gasteiger partial charge in [0.2, 0.25) is 5.91 Å². The number of ether oxygens (including phenoxy) is 2. The van der Waals surface area contributed by atoms with E-state index in [1.807, 2.05) is 24.1 Å². The molecule has 1 fully saturated rings. The molecule has 1 N–H and O–H groups in total. The molecule has 24 heavy (non-hydrogen) atoms. The van der Waals surface area contributed by atoms with E-state index in [2.05, 4.69) is 5.32 Å². The zero-order valence-electron chi connectivity index (χ0n) is 14.5. The minimum absolute atomic E-state index is 0.178. The molecule has 1 aliphatic heterocycles. The van der Waals surface area contributed by atoms with E-state index in [0.717, 1.165) is 38.1 Å². The Morgan fingerprint density at radius 2 is 1.96 bits per heavy atom. The molecule has 0 bridgehead atoms. The lowest BCUT2D eigenvalue weighted by atomic mass is 9.78. The predicted molar refractivity (Wildman–Crippen MR) is 95.6 cm³/mol. The van der Waals surface area contributed by atoms with Crippen molar-refractivity contribution in [1.29, 1.82) is 0 Å². The van der Waals surface area contributed by atoms with Gasteiger partial charge in [-0.15, -0.1) is 0 Å². The molecule has 6 heteroatoms. The lowest BCUT2D eigenvalue weighted by Crippen LogP contribution is -2.50. The normalized spacial score (nSPS) is 16.6. The van der Waals surface area contributed by atoms with Gasteiger partial charge in [0.15, 0.2) is 0 Å². The van der Waals surface area contributed by atoms with Crippen molar-refractivity contribution in [3.8, 4) is 5.75 Å². The van der Waals surface area contributed by atoms with Gasteiger partial charge in [0.25, 0.3) is 0 Å². The number of rotatable bonds is 8. The fourth-order valence-corrected chi connectivity index (χ4v) is 3.26. The molecule has 1 aromatic carbocycles. The van der Waals surface area contributed by atoms with Gasteiger partial charge in [0.1, 0.15) is 5.75 Å². The highest BCUT2D eigenvalue weighted by Gasteiger charge is 2.41. The Bertz CT molecular complexity index is 510. The van der Waals surface area contributed by atoms with Crippen LogP contribution in [0.15, 0.2) is 24.3 Å². The second-order valence-electron chi connectivity index (χ2n) is 6.35. The van der Waals surface area contributed by atoms with Crippen LogP contribution in [0.2, 0.25) is 5.02 Å². The predicted octanol–water partition coefficient (Wildman–Crippen LogP) is 2.58. The first-order chi connectivity index (χ1) is 11.6. The summed E-state index contributed by atoms with van der Waals surface area (Å²) in [6.07, 6.45) is 2.43.